The van der Waals surface area contributed by atoms with Gasteiger partial charge in [-0.15, -0.1) is 0 Å². The van der Waals surface area contributed by atoms with Crippen molar-refractivity contribution in [2.75, 3.05) is 5.01 Å². The van der Waals surface area contributed by atoms with E-state index < -0.39 is 11.7 Å². The zero-order chi connectivity index (χ0) is 12.4. The van der Waals surface area contributed by atoms with Crippen molar-refractivity contribution in [3.8, 4) is 0 Å². The minimum absolute atomic E-state index is 0.531. The van der Waals surface area contributed by atoms with E-state index in [1.165, 1.54) is 0 Å². The molecule has 0 saturated carbocycles. The van der Waals surface area contributed by atoms with Crippen LogP contribution in [0.5, 0.6) is 0 Å². The molecule has 86 valence electrons. The third-order valence-corrected chi connectivity index (χ3v) is 2.49. The smallest absolute Gasteiger partial charge is 0.306 e. The van der Waals surface area contributed by atoms with Crippen LogP contribution in [0.15, 0.2) is 54.8 Å². The van der Waals surface area contributed by atoms with E-state index in [4.69, 9.17) is 10.9 Å². The minimum atomic E-state index is -0.721. The maximum Gasteiger partial charge on any atom is 0.306 e. The van der Waals surface area contributed by atoms with Crippen molar-refractivity contribution in [3.63, 3.8) is 0 Å². The summed E-state index contributed by atoms with van der Waals surface area (Å²) in [7, 11) is 0. The highest BCUT2D eigenvalue weighted by Gasteiger charge is 2.16. The summed E-state index contributed by atoms with van der Waals surface area (Å²) in [5, 5.41) is 11.8. The van der Waals surface area contributed by atoms with Crippen LogP contribution >= 0.6 is 0 Å². The number of aliphatic hydroxyl groups excluding tert-OH is 1. The lowest BCUT2D eigenvalue weighted by atomic mass is 10.1. The van der Waals surface area contributed by atoms with E-state index in [9.17, 15) is 4.79 Å². The average Bonchev–Trinajstić information content (AvgIpc) is 2.36. The lowest BCUT2D eigenvalue weighted by molar-refractivity contribution is -0.117. The number of anilines is 1. The van der Waals surface area contributed by atoms with Gasteiger partial charge in [0, 0.05) is 5.39 Å². The third-order valence-electron chi connectivity index (χ3n) is 2.49. The molecule has 4 nitrogen and oxygen atoms in total. The van der Waals surface area contributed by atoms with Crippen molar-refractivity contribution < 1.29 is 9.90 Å². The molecule has 2 aromatic rings. The number of benzene rings is 2. The van der Waals surface area contributed by atoms with E-state index >= 15 is 0 Å². The summed E-state index contributed by atoms with van der Waals surface area (Å²) in [5.41, 5.74) is 0.531. The standard InChI is InChI=1S/C13H12N2O2/c1-9(16)13(17)15(14)12-8-4-6-10-5-2-3-7-11(10)12/h2-8,16H,1,14H2. The van der Waals surface area contributed by atoms with Crippen molar-refractivity contribution in [2.24, 2.45) is 5.84 Å². The summed E-state index contributed by atoms with van der Waals surface area (Å²) in [6.07, 6.45) is 0. The first kappa shape index (κ1) is 11.2. The first-order chi connectivity index (χ1) is 8.11. The van der Waals surface area contributed by atoms with Gasteiger partial charge < -0.3 is 5.11 Å². The first-order valence-corrected chi connectivity index (χ1v) is 5.06. The topological polar surface area (TPSA) is 66.6 Å². The van der Waals surface area contributed by atoms with Crippen molar-refractivity contribution in [1.82, 2.24) is 0 Å². The van der Waals surface area contributed by atoms with Crippen molar-refractivity contribution in [1.29, 1.82) is 0 Å². The van der Waals surface area contributed by atoms with Crippen LogP contribution in [0.3, 0.4) is 0 Å². The molecule has 0 spiro atoms. The SMILES string of the molecule is C=C(O)C(=O)N(N)c1cccc2ccccc12. The number of carbonyl (C=O) groups is 1. The number of carbonyl (C=O) groups excluding carboxylic acids is 1. The number of hydrogen-bond acceptors (Lipinski definition) is 3. The van der Waals surface area contributed by atoms with E-state index in [1.54, 1.807) is 12.1 Å². The van der Waals surface area contributed by atoms with Crippen LogP contribution in [-0.4, -0.2) is 11.0 Å². The van der Waals surface area contributed by atoms with Crippen LogP contribution in [0, 0.1) is 0 Å². The van der Waals surface area contributed by atoms with Crippen molar-refractivity contribution in [3.05, 3.63) is 54.8 Å². The van der Waals surface area contributed by atoms with Crippen molar-refractivity contribution in [2.45, 2.75) is 0 Å². The third kappa shape index (κ3) is 1.98. The van der Waals surface area contributed by atoms with Gasteiger partial charge in [0.1, 0.15) is 0 Å². The quantitative estimate of drug-likeness (QED) is 0.272. The molecule has 0 aromatic heterocycles. The zero-order valence-corrected chi connectivity index (χ0v) is 9.13. The van der Waals surface area contributed by atoms with Gasteiger partial charge in [-0.2, -0.15) is 0 Å². The number of nitrogens with zero attached hydrogens (tertiary/aromatic N) is 1. The highest BCUT2D eigenvalue weighted by Crippen LogP contribution is 2.25. The minimum Gasteiger partial charge on any atom is -0.503 e. The molecule has 2 aromatic carbocycles. The van der Waals surface area contributed by atoms with Crippen LogP contribution < -0.4 is 10.9 Å². The second kappa shape index (κ2) is 4.27. The Morgan fingerprint density at radius 2 is 1.82 bits per heavy atom. The lowest BCUT2D eigenvalue weighted by Gasteiger charge is -2.17. The van der Waals surface area contributed by atoms with Crippen LogP contribution in [-0.2, 0) is 4.79 Å². The number of fused-ring (bicyclic) bond motifs is 1. The molecule has 0 atom stereocenters. The molecule has 17 heavy (non-hydrogen) atoms. The molecule has 0 radical (unpaired) electrons. The molecule has 0 bridgehead atoms. The highest BCUT2D eigenvalue weighted by molar-refractivity contribution is 6.08. The zero-order valence-electron chi connectivity index (χ0n) is 9.13. The van der Waals surface area contributed by atoms with Gasteiger partial charge in [-0.3, -0.25) is 4.79 Å². The summed E-state index contributed by atoms with van der Waals surface area (Å²) in [4.78, 5) is 11.5. The Balaban J connectivity index is 2.56. The van der Waals surface area contributed by atoms with Gasteiger partial charge in [0.25, 0.3) is 0 Å². The number of hydrazine groups is 1. The number of amides is 1. The fourth-order valence-electron chi connectivity index (χ4n) is 1.67. The van der Waals surface area contributed by atoms with E-state index in [1.807, 2.05) is 30.3 Å². The Bertz CT molecular complexity index is 587. The summed E-state index contributed by atoms with van der Waals surface area (Å²) in [6.45, 7) is 3.17. The monoisotopic (exact) mass is 228 g/mol. The van der Waals surface area contributed by atoms with Crippen LogP contribution in [0.1, 0.15) is 0 Å². The van der Waals surface area contributed by atoms with Gasteiger partial charge in [-0.25, -0.2) is 10.9 Å². The molecular weight excluding hydrogens is 216 g/mol. The Hall–Kier alpha value is -2.33. The molecule has 0 aliphatic heterocycles. The second-order valence-corrected chi connectivity index (χ2v) is 3.62. The summed E-state index contributed by atoms with van der Waals surface area (Å²) in [5.74, 6) is 4.36. The van der Waals surface area contributed by atoms with E-state index in [0.29, 0.717) is 5.69 Å². The molecular formula is C13H12N2O2. The largest absolute Gasteiger partial charge is 0.503 e. The fraction of sp³-hybridized carbons (Fsp3) is 0. The molecule has 0 saturated heterocycles. The summed E-state index contributed by atoms with van der Waals surface area (Å²) >= 11 is 0. The van der Waals surface area contributed by atoms with E-state index in [-0.39, 0.29) is 0 Å². The lowest BCUT2D eigenvalue weighted by Crippen LogP contribution is -2.38. The number of aliphatic hydroxyl groups is 1. The Labute approximate surface area is 98.5 Å². The molecule has 3 N–H and O–H groups in total. The van der Waals surface area contributed by atoms with E-state index in [2.05, 4.69) is 6.58 Å². The van der Waals surface area contributed by atoms with Gasteiger partial charge in [0.15, 0.2) is 5.76 Å². The maximum atomic E-state index is 11.5. The van der Waals surface area contributed by atoms with Gasteiger partial charge in [0.05, 0.1) is 5.69 Å². The van der Waals surface area contributed by atoms with Crippen LogP contribution in [0.2, 0.25) is 0 Å². The Morgan fingerprint density at radius 3 is 2.53 bits per heavy atom. The number of hydrogen-bond donors (Lipinski definition) is 2. The average molecular weight is 228 g/mol. The molecule has 4 heteroatoms. The number of nitrogens with two attached hydrogens (primary N) is 1. The first-order valence-electron chi connectivity index (χ1n) is 5.06. The van der Waals surface area contributed by atoms with Gasteiger partial charge in [0.2, 0.25) is 0 Å². The molecule has 0 aliphatic carbocycles. The maximum absolute atomic E-state index is 11.5. The fourth-order valence-corrected chi connectivity index (χ4v) is 1.67. The second-order valence-electron chi connectivity index (χ2n) is 3.62. The molecule has 0 aliphatic rings. The predicted octanol–water partition coefficient (Wildman–Crippen LogP) is 2.12. The molecule has 1 amide bonds. The Morgan fingerprint density at radius 1 is 1.18 bits per heavy atom. The Kier molecular flexibility index (Phi) is 2.80. The molecule has 0 fully saturated rings. The molecule has 2 rings (SSSR count). The van der Waals surface area contributed by atoms with E-state index in [0.717, 1.165) is 15.8 Å². The van der Waals surface area contributed by atoms with Gasteiger partial charge >= 0.3 is 5.91 Å². The van der Waals surface area contributed by atoms with Crippen molar-refractivity contribution >= 4 is 22.4 Å². The summed E-state index contributed by atoms with van der Waals surface area (Å²) in [6, 6.07) is 13.0. The van der Waals surface area contributed by atoms with Gasteiger partial charge in [-0.1, -0.05) is 43.0 Å². The normalized spacial score (nSPS) is 10.2. The van der Waals surface area contributed by atoms with Gasteiger partial charge in [-0.05, 0) is 11.5 Å². The molecule has 0 unspecified atom stereocenters. The highest BCUT2D eigenvalue weighted by atomic mass is 16.3. The van der Waals surface area contributed by atoms with Crippen LogP contribution in [0.25, 0.3) is 10.8 Å². The number of rotatable bonds is 2. The van der Waals surface area contributed by atoms with Crippen LogP contribution in [0.4, 0.5) is 5.69 Å². The molecule has 0 heterocycles. The predicted molar refractivity (Wildman–Crippen MR) is 67.4 cm³/mol. The summed E-state index contributed by atoms with van der Waals surface area (Å²) < 4.78 is 0.